The van der Waals surface area contributed by atoms with Gasteiger partial charge in [0.05, 0.1) is 12.2 Å². The Labute approximate surface area is 92.1 Å². The van der Waals surface area contributed by atoms with Gasteiger partial charge in [-0.05, 0) is 18.1 Å². The van der Waals surface area contributed by atoms with Gasteiger partial charge >= 0.3 is 0 Å². The SMILES string of the molecule is NC(=O)c1c(CC(N)CO)ccc(O)c1O. The Morgan fingerprint density at radius 2 is 2.00 bits per heavy atom. The molecule has 0 saturated heterocycles. The van der Waals surface area contributed by atoms with Crippen molar-refractivity contribution in [2.24, 2.45) is 11.5 Å². The average Bonchev–Trinajstić information content (AvgIpc) is 2.23. The summed E-state index contributed by atoms with van der Waals surface area (Å²) >= 11 is 0. The third-order valence-electron chi connectivity index (χ3n) is 2.21. The highest BCUT2D eigenvalue weighted by Crippen LogP contribution is 2.31. The second kappa shape index (κ2) is 4.82. The lowest BCUT2D eigenvalue weighted by atomic mass is 9.99. The Bertz CT molecular complexity index is 406. The predicted octanol–water partition coefficient (Wildman–Crippen LogP) is -0.941. The average molecular weight is 226 g/mol. The molecule has 1 amide bonds. The van der Waals surface area contributed by atoms with Crippen LogP contribution in [0.25, 0.3) is 0 Å². The molecule has 6 nitrogen and oxygen atoms in total. The number of rotatable bonds is 4. The largest absolute Gasteiger partial charge is 0.504 e. The van der Waals surface area contributed by atoms with Crippen LogP contribution < -0.4 is 11.5 Å². The summed E-state index contributed by atoms with van der Waals surface area (Å²) in [5.74, 6) is -1.83. The Morgan fingerprint density at radius 3 is 2.50 bits per heavy atom. The first kappa shape index (κ1) is 12.3. The first-order valence-electron chi connectivity index (χ1n) is 4.67. The van der Waals surface area contributed by atoms with Crippen LogP contribution in [0, 0.1) is 0 Å². The normalized spacial score (nSPS) is 12.4. The van der Waals surface area contributed by atoms with Gasteiger partial charge in [-0.1, -0.05) is 6.07 Å². The van der Waals surface area contributed by atoms with Gasteiger partial charge in [0.15, 0.2) is 11.5 Å². The summed E-state index contributed by atoms with van der Waals surface area (Å²) in [5.41, 5.74) is 10.8. The minimum atomic E-state index is -0.853. The molecule has 0 heterocycles. The number of aliphatic hydroxyl groups is 1. The lowest BCUT2D eigenvalue weighted by molar-refractivity contribution is 0.0996. The van der Waals surface area contributed by atoms with Crippen molar-refractivity contribution in [3.8, 4) is 11.5 Å². The van der Waals surface area contributed by atoms with Gasteiger partial charge in [-0.2, -0.15) is 0 Å². The van der Waals surface area contributed by atoms with Crippen LogP contribution in [-0.4, -0.2) is 33.9 Å². The number of aromatic hydroxyl groups is 2. The number of benzene rings is 1. The zero-order valence-corrected chi connectivity index (χ0v) is 8.55. The third-order valence-corrected chi connectivity index (χ3v) is 2.21. The highest BCUT2D eigenvalue weighted by atomic mass is 16.3. The monoisotopic (exact) mass is 226 g/mol. The fourth-order valence-corrected chi connectivity index (χ4v) is 1.41. The first-order valence-corrected chi connectivity index (χ1v) is 4.67. The molecule has 1 atom stereocenters. The van der Waals surface area contributed by atoms with Crippen LogP contribution >= 0.6 is 0 Å². The number of phenols is 2. The Balaban J connectivity index is 3.18. The smallest absolute Gasteiger partial charge is 0.252 e. The maximum absolute atomic E-state index is 11.1. The number of carbonyl (C=O) groups excluding carboxylic acids is 1. The highest BCUT2D eigenvalue weighted by molar-refractivity contribution is 5.98. The Hall–Kier alpha value is -1.79. The highest BCUT2D eigenvalue weighted by Gasteiger charge is 2.18. The fraction of sp³-hybridized carbons (Fsp3) is 0.300. The minimum Gasteiger partial charge on any atom is -0.504 e. The summed E-state index contributed by atoms with van der Waals surface area (Å²) < 4.78 is 0. The number of nitrogens with two attached hydrogens (primary N) is 2. The van der Waals surface area contributed by atoms with Gasteiger partial charge in [0.1, 0.15) is 0 Å². The molecule has 0 aliphatic carbocycles. The lowest BCUT2D eigenvalue weighted by Gasteiger charge is -2.13. The molecule has 0 saturated carbocycles. The molecule has 1 aromatic carbocycles. The van der Waals surface area contributed by atoms with Gasteiger partial charge in [-0.3, -0.25) is 4.79 Å². The zero-order chi connectivity index (χ0) is 12.3. The molecule has 0 radical (unpaired) electrons. The van der Waals surface area contributed by atoms with E-state index in [1.807, 2.05) is 0 Å². The molecule has 0 fully saturated rings. The lowest BCUT2D eigenvalue weighted by Crippen LogP contribution is -2.28. The molecular formula is C10H14N2O4. The summed E-state index contributed by atoms with van der Waals surface area (Å²) in [5, 5.41) is 27.5. The standard InChI is InChI=1S/C10H14N2O4/c11-6(4-13)3-5-1-2-7(14)9(15)8(5)10(12)16/h1-2,6,13-15H,3-4,11H2,(H2,12,16). The number of amides is 1. The van der Waals surface area contributed by atoms with Gasteiger partial charge in [-0.15, -0.1) is 0 Å². The number of aliphatic hydroxyl groups excluding tert-OH is 1. The van der Waals surface area contributed by atoms with E-state index in [-0.39, 0.29) is 18.6 Å². The van der Waals surface area contributed by atoms with E-state index in [0.717, 1.165) is 0 Å². The van der Waals surface area contributed by atoms with E-state index in [1.54, 1.807) is 0 Å². The van der Waals surface area contributed by atoms with Crippen molar-refractivity contribution in [2.45, 2.75) is 12.5 Å². The molecule has 6 heteroatoms. The molecule has 16 heavy (non-hydrogen) atoms. The van der Waals surface area contributed by atoms with E-state index in [4.69, 9.17) is 16.6 Å². The molecule has 1 aromatic rings. The summed E-state index contributed by atoms with van der Waals surface area (Å²) in [6.45, 7) is -0.250. The molecule has 1 rings (SSSR count). The van der Waals surface area contributed by atoms with Crippen molar-refractivity contribution in [2.75, 3.05) is 6.61 Å². The van der Waals surface area contributed by atoms with Crippen LogP contribution in [0.3, 0.4) is 0 Å². The molecule has 0 aromatic heterocycles. The second-order valence-corrected chi connectivity index (χ2v) is 3.48. The second-order valence-electron chi connectivity index (χ2n) is 3.48. The van der Waals surface area contributed by atoms with E-state index < -0.39 is 23.4 Å². The third kappa shape index (κ3) is 2.41. The molecule has 0 bridgehead atoms. The fourth-order valence-electron chi connectivity index (χ4n) is 1.41. The molecular weight excluding hydrogens is 212 g/mol. The maximum Gasteiger partial charge on any atom is 0.252 e. The van der Waals surface area contributed by atoms with Gasteiger partial charge in [0.2, 0.25) is 0 Å². The predicted molar refractivity (Wildman–Crippen MR) is 57.1 cm³/mol. The van der Waals surface area contributed by atoms with Crippen molar-refractivity contribution in [3.05, 3.63) is 23.3 Å². The number of hydrogen-bond donors (Lipinski definition) is 5. The molecule has 0 aliphatic heterocycles. The molecule has 88 valence electrons. The van der Waals surface area contributed by atoms with E-state index in [1.165, 1.54) is 12.1 Å². The minimum absolute atomic E-state index is 0.163. The molecule has 0 spiro atoms. The van der Waals surface area contributed by atoms with Gasteiger partial charge < -0.3 is 26.8 Å². The van der Waals surface area contributed by atoms with Crippen molar-refractivity contribution in [1.82, 2.24) is 0 Å². The summed E-state index contributed by atoms with van der Waals surface area (Å²) in [6.07, 6.45) is 0.183. The van der Waals surface area contributed by atoms with E-state index in [9.17, 15) is 15.0 Å². The van der Waals surface area contributed by atoms with Gasteiger partial charge in [0, 0.05) is 6.04 Å². The Kier molecular flexibility index (Phi) is 3.70. The topological polar surface area (TPSA) is 130 Å². The molecule has 7 N–H and O–H groups in total. The number of primary amides is 1. The van der Waals surface area contributed by atoms with Crippen LogP contribution in [0.1, 0.15) is 15.9 Å². The number of carbonyl (C=O) groups is 1. The van der Waals surface area contributed by atoms with Crippen LogP contribution in [0.2, 0.25) is 0 Å². The van der Waals surface area contributed by atoms with Crippen molar-refractivity contribution < 1.29 is 20.1 Å². The van der Waals surface area contributed by atoms with Gasteiger partial charge in [0.25, 0.3) is 5.91 Å². The van der Waals surface area contributed by atoms with Gasteiger partial charge in [-0.25, -0.2) is 0 Å². The number of hydrogen-bond acceptors (Lipinski definition) is 5. The summed E-state index contributed by atoms with van der Waals surface area (Å²) in [4.78, 5) is 11.1. The van der Waals surface area contributed by atoms with Crippen molar-refractivity contribution >= 4 is 5.91 Å². The van der Waals surface area contributed by atoms with E-state index in [0.29, 0.717) is 5.56 Å². The van der Waals surface area contributed by atoms with E-state index >= 15 is 0 Å². The van der Waals surface area contributed by atoms with Crippen LogP contribution in [-0.2, 0) is 6.42 Å². The molecule has 0 aliphatic rings. The Morgan fingerprint density at radius 1 is 1.38 bits per heavy atom. The summed E-state index contributed by atoms with van der Waals surface area (Å²) in [6, 6.07) is 2.12. The van der Waals surface area contributed by atoms with Crippen molar-refractivity contribution in [3.63, 3.8) is 0 Å². The van der Waals surface area contributed by atoms with Crippen LogP contribution in [0.4, 0.5) is 0 Å². The quantitative estimate of drug-likeness (QED) is 0.423. The van der Waals surface area contributed by atoms with E-state index in [2.05, 4.69) is 0 Å². The van der Waals surface area contributed by atoms with Crippen LogP contribution in [0.15, 0.2) is 12.1 Å². The van der Waals surface area contributed by atoms with Crippen molar-refractivity contribution in [1.29, 1.82) is 0 Å². The first-order chi connectivity index (χ1) is 7.47. The molecule has 1 unspecified atom stereocenters. The maximum atomic E-state index is 11.1. The van der Waals surface area contributed by atoms with Crippen LogP contribution in [0.5, 0.6) is 11.5 Å². The zero-order valence-electron chi connectivity index (χ0n) is 8.55. The summed E-state index contributed by atoms with van der Waals surface area (Å²) in [7, 11) is 0. The number of phenolic OH excluding ortho intramolecular Hbond substituents is 1.